The van der Waals surface area contributed by atoms with E-state index in [2.05, 4.69) is 31.2 Å². The van der Waals surface area contributed by atoms with Crippen LogP contribution in [-0.2, 0) is 10.3 Å². The maximum atomic E-state index is 9.96. The molecule has 2 nitrogen and oxygen atoms in total. The lowest BCUT2D eigenvalue weighted by atomic mass is 9.90. The van der Waals surface area contributed by atoms with Crippen LogP contribution in [0.25, 0.3) is 0 Å². The molecule has 1 aliphatic heterocycles. The number of aliphatic hydroxyl groups excluding tert-OH is 1. The van der Waals surface area contributed by atoms with Crippen molar-refractivity contribution in [3.8, 4) is 0 Å². The highest BCUT2D eigenvalue weighted by molar-refractivity contribution is 5.33. The van der Waals surface area contributed by atoms with E-state index in [-0.39, 0.29) is 17.8 Å². The van der Waals surface area contributed by atoms with Crippen LogP contribution in [0.5, 0.6) is 0 Å². The minimum absolute atomic E-state index is 0.0395. The lowest BCUT2D eigenvalue weighted by Crippen LogP contribution is -2.20. The van der Waals surface area contributed by atoms with Crippen molar-refractivity contribution in [2.45, 2.75) is 50.4 Å². The number of hydrogen-bond donors (Lipinski definition) is 1. The maximum Gasteiger partial charge on any atom is 0.122 e. The first-order chi connectivity index (χ1) is 7.72. The lowest BCUT2D eigenvalue weighted by Gasteiger charge is -2.12. The summed E-state index contributed by atoms with van der Waals surface area (Å²) in [5.41, 5.74) is 2.35. The van der Waals surface area contributed by atoms with E-state index in [1.165, 1.54) is 11.1 Å². The molecule has 86 valence electrons. The molecule has 1 saturated heterocycles. The number of aliphatic hydroxyl groups is 1. The van der Waals surface area contributed by atoms with Crippen LogP contribution in [0, 0.1) is 6.92 Å². The molecule has 2 aliphatic rings. The normalized spacial score (nSPS) is 37.6. The van der Waals surface area contributed by atoms with Gasteiger partial charge in [-0.3, -0.25) is 0 Å². The van der Waals surface area contributed by atoms with Crippen molar-refractivity contribution in [3.05, 3.63) is 35.4 Å². The second kappa shape index (κ2) is 3.57. The van der Waals surface area contributed by atoms with Gasteiger partial charge in [0.15, 0.2) is 0 Å². The van der Waals surface area contributed by atoms with Crippen LogP contribution in [0.15, 0.2) is 24.3 Å². The Balaban J connectivity index is 1.91. The summed E-state index contributed by atoms with van der Waals surface area (Å²) in [4.78, 5) is 0. The average Bonchev–Trinajstić information content (AvgIpc) is 3.01. The second-order valence-corrected chi connectivity index (χ2v) is 5.11. The molecule has 2 fully saturated rings. The van der Waals surface area contributed by atoms with Crippen LogP contribution >= 0.6 is 0 Å². The zero-order chi connectivity index (χ0) is 11.2. The van der Waals surface area contributed by atoms with Gasteiger partial charge >= 0.3 is 0 Å². The topological polar surface area (TPSA) is 32.8 Å². The third kappa shape index (κ3) is 1.48. The molecule has 2 heteroatoms. The number of epoxide rings is 1. The molecule has 0 spiro atoms. The van der Waals surface area contributed by atoms with E-state index >= 15 is 0 Å². The van der Waals surface area contributed by atoms with Crippen LogP contribution < -0.4 is 0 Å². The molecule has 0 aromatic heterocycles. The third-order valence-electron chi connectivity index (χ3n) is 3.93. The van der Waals surface area contributed by atoms with Crippen molar-refractivity contribution in [1.29, 1.82) is 0 Å². The molecular weight excluding hydrogens is 200 g/mol. The summed E-state index contributed by atoms with van der Waals surface area (Å²) < 4.78 is 5.83. The van der Waals surface area contributed by atoms with Gasteiger partial charge in [0, 0.05) is 0 Å². The van der Waals surface area contributed by atoms with Crippen LogP contribution in [0.3, 0.4) is 0 Å². The molecular formula is C14H18O2. The quantitative estimate of drug-likeness (QED) is 0.735. The van der Waals surface area contributed by atoms with Gasteiger partial charge in [-0.15, -0.1) is 0 Å². The molecule has 0 amide bonds. The first-order valence-corrected chi connectivity index (χ1v) is 6.15. The summed E-state index contributed by atoms with van der Waals surface area (Å²) in [7, 11) is 0. The number of fused-ring (bicyclic) bond motifs is 1. The monoisotopic (exact) mass is 218 g/mol. The van der Waals surface area contributed by atoms with E-state index in [9.17, 15) is 5.11 Å². The molecule has 3 rings (SSSR count). The Hall–Kier alpha value is -0.860. The number of aryl methyl sites for hydroxylation is 1. The minimum atomic E-state index is -0.274. The van der Waals surface area contributed by atoms with E-state index in [0.29, 0.717) is 0 Å². The van der Waals surface area contributed by atoms with E-state index in [0.717, 1.165) is 25.7 Å². The summed E-state index contributed by atoms with van der Waals surface area (Å²) in [6, 6.07) is 8.54. The summed E-state index contributed by atoms with van der Waals surface area (Å²) in [5.74, 6) is 0. The van der Waals surface area contributed by atoms with E-state index in [1.807, 2.05) is 0 Å². The number of rotatable bonds is 1. The van der Waals surface area contributed by atoms with Crippen molar-refractivity contribution in [1.82, 2.24) is 0 Å². The van der Waals surface area contributed by atoms with E-state index in [4.69, 9.17) is 4.74 Å². The molecule has 1 heterocycles. The molecule has 0 unspecified atom stereocenters. The molecule has 1 aromatic rings. The van der Waals surface area contributed by atoms with Gasteiger partial charge in [-0.2, -0.15) is 0 Å². The van der Waals surface area contributed by atoms with Crippen LogP contribution in [0.4, 0.5) is 0 Å². The fourth-order valence-corrected chi connectivity index (χ4v) is 2.89. The largest absolute Gasteiger partial charge is 0.390 e. The Morgan fingerprint density at radius 2 is 2.00 bits per heavy atom. The Bertz CT molecular complexity index is 384. The number of benzene rings is 1. The predicted molar refractivity (Wildman–Crippen MR) is 62.2 cm³/mol. The Morgan fingerprint density at radius 1 is 1.25 bits per heavy atom. The van der Waals surface area contributed by atoms with Crippen molar-refractivity contribution >= 4 is 0 Å². The first-order valence-electron chi connectivity index (χ1n) is 6.15. The van der Waals surface area contributed by atoms with Crippen LogP contribution in [0.1, 0.15) is 36.8 Å². The Labute approximate surface area is 96.2 Å². The average molecular weight is 218 g/mol. The van der Waals surface area contributed by atoms with Gasteiger partial charge in [-0.05, 0) is 25.3 Å². The number of ether oxygens (including phenoxy) is 1. The van der Waals surface area contributed by atoms with Gasteiger partial charge in [0.05, 0.1) is 6.10 Å². The summed E-state index contributed by atoms with van der Waals surface area (Å²) in [6.45, 7) is 2.09. The SMILES string of the molecule is Cc1ccc([C@@]23CCCC[C@H](O)[C@@H]2O3)cc1. The van der Waals surface area contributed by atoms with Crippen molar-refractivity contribution in [3.63, 3.8) is 0 Å². The summed E-state index contributed by atoms with van der Waals surface area (Å²) >= 11 is 0. The Morgan fingerprint density at radius 3 is 2.75 bits per heavy atom. The number of hydrogen-bond acceptors (Lipinski definition) is 2. The molecule has 0 radical (unpaired) electrons. The molecule has 1 N–H and O–H groups in total. The van der Waals surface area contributed by atoms with Crippen molar-refractivity contribution in [2.24, 2.45) is 0 Å². The standard InChI is InChI=1S/C14H18O2/c1-10-5-7-11(8-6-10)14-9-3-2-4-12(15)13(14)16-14/h5-8,12-13,15H,2-4,9H2,1H3/t12-,13-,14-/m0/s1. The van der Waals surface area contributed by atoms with E-state index < -0.39 is 0 Å². The van der Waals surface area contributed by atoms with Gasteiger partial charge in [0.2, 0.25) is 0 Å². The highest BCUT2D eigenvalue weighted by atomic mass is 16.6. The highest BCUT2D eigenvalue weighted by Gasteiger charge is 2.60. The highest BCUT2D eigenvalue weighted by Crippen LogP contribution is 2.54. The fourth-order valence-electron chi connectivity index (χ4n) is 2.89. The lowest BCUT2D eigenvalue weighted by molar-refractivity contribution is 0.121. The third-order valence-corrected chi connectivity index (χ3v) is 3.93. The predicted octanol–water partition coefficient (Wildman–Crippen LogP) is 2.52. The van der Waals surface area contributed by atoms with E-state index in [1.54, 1.807) is 0 Å². The zero-order valence-electron chi connectivity index (χ0n) is 9.65. The van der Waals surface area contributed by atoms with Gasteiger partial charge < -0.3 is 9.84 Å². The Kier molecular flexibility index (Phi) is 2.30. The summed E-state index contributed by atoms with van der Waals surface area (Å²) in [5, 5.41) is 9.96. The molecule has 16 heavy (non-hydrogen) atoms. The first kappa shape index (κ1) is 10.3. The summed E-state index contributed by atoms with van der Waals surface area (Å²) in [6.07, 6.45) is 3.98. The molecule has 1 saturated carbocycles. The van der Waals surface area contributed by atoms with Crippen molar-refractivity contribution in [2.75, 3.05) is 0 Å². The van der Waals surface area contributed by atoms with Gasteiger partial charge in [0.1, 0.15) is 11.7 Å². The minimum Gasteiger partial charge on any atom is -0.390 e. The molecule has 1 aromatic carbocycles. The second-order valence-electron chi connectivity index (χ2n) is 5.11. The molecule has 1 aliphatic carbocycles. The zero-order valence-corrected chi connectivity index (χ0v) is 9.65. The van der Waals surface area contributed by atoms with Crippen LogP contribution in [0.2, 0.25) is 0 Å². The fraction of sp³-hybridized carbons (Fsp3) is 0.571. The smallest absolute Gasteiger partial charge is 0.122 e. The van der Waals surface area contributed by atoms with Gasteiger partial charge in [-0.25, -0.2) is 0 Å². The van der Waals surface area contributed by atoms with Crippen LogP contribution in [-0.4, -0.2) is 17.3 Å². The van der Waals surface area contributed by atoms with Crippen molar-refractivity contribution < 1.29 is 9.84 Å². The maximum absolute atomic E-state index is 9.96. The molecule has 0 bridgehead atoms. The van der Waals surface area contributed by atoms with Gasteiger partial charge in [0.25, 0.3) is 0 Å². The van der Waals surface area contributed by atoms with Gasteiger partial charge in [-0.1, -0.05) is 42.7 Å². The molecule has 3 atom stereocenters.